The third kappa shape index (κ3) is 4.15. The van der Waals surface area contributed by atoms with Gasteiger partial charge in [0.2, 0.25) is 15.9 Å². The standard InChI is InChI=1S/C17H27N3O3S/c1-12(13-7-6-8-14(11-13)24(22,23)19-3)20-16(21)15-9-4-5-10-17(15,2)18/h6-8,11-12,15,19H,4-5,9-10,18H2,1-3H3,(H,20,21). The highest BCUT2D eigenvalue weighted by Gasteiger charge is 2.38. The van der Waals surface area contributed by atoms with E-state index in [0.717, 1.165) is 31.2 Å². The lowest BCUT2D eigenvalue weighted by Gasteiger charge is -2.37. The molecular weight excluding hydrogens is 326 g/mol. The Labute approximate surface area is 144 Å². The van der Waals surface area contributed by atoms with Crippen molar-refractivity contribution in [2.45, 2.75) is 56.0 Å². The van der Waals surface area contributed by atoms with Crippen LogP contribution in [-0.2, 0) is 14.8 Å². The molecule has 0 heterocycles. The molecule has 6 nitrogen and oxygen atoms in total. The van der Waals surface area contributed by atoms with Gasteiger partial charge in [0.1, 0.15) is 0 Å². The van der Waals surface area contributed by atoms with Crippen molar-refractivity contribution in [3.8, 4) is 0 Å². The maximum absolute atomic E-state index is 12.6. The molecule has 3 atom stereocenters. The lowest BCUT2D eigenvalue weighted by Crippen LogP contribution is -2.53. The second-order valence-corrected chi connectivity index (χ2v) is 8.70. The number of carbonyl (C=O) groups excluding carboxylic acids is 1. The van der Waals surface area contributed by atoms with Crippen molar-refractivity contribution in [1.29, 1.82) is 0 Å². The van der Waals surface area contributed by atoms with Crippen LogP contribution >= 0.6 is 0 Å². The van der Waals surface area contributed by atoms with E-state index >= 15 is 0 Å². The lowest BCUT2D eigenvalue weighted by atomic mass is 9.74. The van der Waals surface area contributed by atoms with Gasteiger partial charge in [-0.05, 0) is 51.4 Å². The van der Waals surface area contributed by atoms with Crippen LogP contribution in [0.2, 0.25) is 0 Å². The van der Waals surface area contributed by atoms with Crippen LogP contribution in [0.3, 0.4) is 0 Å². The Hall–Kier alpha value is -1.44. The minimum atomic E-state index is -3.50. The second kappa shape index (κ2) is 7.21. The number of amides is 1. The smallest absolute Gasteiger partial charge is 0.240 e. The highest BCUT2D eigenvalue weighted by Crippen LogP contribution is 2.32. The predicted molar refractivity (Wildman–Crippen MR) is 93.8 cm³/mol. The van der Waals surface area contributed by atoms with Crippen LogP contribution in [0, 0.1) is 5.92 Å². The summed E-state index contributed by atoms with van der Waals surface area (Å²) in [4.78, 5) is 12.8. The monoisotopic (exact) mass is 353 g/mol. The Morgan fingerprint density at radius 1 is 1.38 bits per heavy atom. The first-order chi connectivity index (χ1) is 11.2. The molecule has 1 aromatic rings. The van der Waals surface area contributed by atoms with Crippen LogP contribution < -0.4 is 15.8 Å². The van der Waals surface area contributed by atoms with Gasteiger partial charge in [-0.3, -0.25) is 4.79 Å². The zero-order chi connectivity index (χ0) is 18.0. The van der Waals surface area contributed by atoms with E-state index in [0.29, 0.717) is 0 Å². The summed E-state index contributed by atoms with van der Waals surface area (Å²) in [6.45, 7) is 3.78. The molecule has 1 aromatic carbocycles. The molecule has 0 saturated heterocycles. The number of hydrogen-bond donors (Lipinski definition) is 3. The van der Waals surface area contributed by atoms with Gasteiger partial charge in [0.25, 0.3) is 0 Å². The van der Waals surface area contributed by atoms with Gasteiger partial charge in [-0.25, -0.2) is 13.1 Å². The van der Waals surface area contributed by atoms with Crippen LogP contribution in [-0.4, -0.2) is 26.9 Å². The van der Waals surface area contributed by atoms with Gasteiger partial charge in [0, 0.05) is 5.54 Å². The summed E-state index contributed by atoms with van der Waals surface area (Å²) in [5.74, 6) is -0.271. The highest BCUT2D eigenvalue weighted by molar-refractivity contribution is 7.89. The van der Waals surface area contributed by atoms with Crippen molar-refractivity contribution < 1.29 is 13.2 Å². The molecule has 0 aromatic heterocycles. The summed E-state index contributed by atoms with van der Waals surface area (Å²) in [6.07, 6.45) is 3.69. The van der Waals surface area contributed by atoms with E-state index in [2.05, 4.69) is 10.0 Å². The fourth-order valence-corrected chi connectivity index (χ4v) is 4.04. The first kappa shape index (κ1) is 18.9. The molecule has 1 amide bonds. The van der Waals surface area contributed by atoms with Crippen LogP contribution in [0.5, 0.6) is 0 Å². The van der Waals surface area contributed by atoms with Crippen LogP contribution in [0.25, 0.3) is 0 Å². The predicted octanol–water partition coefficient (Wildman–Crippen LogP) is 1.68. The third-order valence-corrected chi connectivity index (χ3v) is 6.28. The second-order valence-electron chi connectivity index (χ2n) is 6.81. The van der Waals surface area contributed by atoms with Gasteiger partial charge in [0.05, 0.1) is 16.9 Å². The van der Waals surface area contributed by atoms with Crippen molar-refractivity contribution in [3.63, 3.8) is 0 Å². The third-order valence-electron chi connectivity index (χ3n) is 4.87. The molecule has 0 radical (unpaired) electrons. The van der Waals surface area contributed by atoms with Crippen molar-refractivity contribution in [2.24, 2.45) is 11.7 Å². The fraction of sp³-hybridized carbons (Fsp3) is 0.588. The molecule has 4 N–H and O–H groups in total. The fourth-order valence-electron chi connectivity index (χ4n) is 3.26. The number of hydrogen-bond acceptors (Lipinski definition) is 4. The first-order valence-electron chi connectivity index (χ1n) is 8.30. The highest BCUT2D eigenvalue weighted by atomic mass is 32.2. The van der Waals surface area contributed by atoms with E-state index < -0.39 is 15.6 Å². The largest absolute Gasteiger partial charge is 0.349 e. The van der Waals surface area contributed by atoms with Gasteiger partial charge in [0.15, 0.2) is 0 Å². The summed E-state index contributed by atoms with van der Waals surface area (Å²) >= 11 is 0. The SMILES string of the molecule is CNS(=O)(=O)c1cccc(C(C)NC(=O)C2CCCCC2(C)N)c1. The average molecular weight is 353 g/mol. The van der Waals surface area contributed by atoms with Crippen molar-refractivity contribution in [1.82, 2.24) is 10.0 Å². The molecular formula is C17H27N3O3S. The number of nitrogens with one attached hydrogen (secondary N) is 2. The van der Waals surface area contributed by atoms with Gasteiger partial charge in [-0.15, -0.1) is 0 Å². The summed E-state index contributed by atoms with van der Waals surface area (Å²) < 4.78 is 26.1. The number of nitrogens with two attached hydrogens (primary N) is 1. The zero-order valence-corrected chi connectivity index (χ0v) is 15.3. The minimum Gasteiger partial charge on any atom is -0.349 e. The summed E-state index contributed by atoms with van der Waals surface area (Å²) in [5, 5.41) is 2.98. The normalized spacial score (nSPS) is 25.9. The number of sulfonamides is 1. The van der Waals surface area contributed by atoms with Crippen LogP contribution in [0.4, 0.5) is 0 Å². The number of carbonyl (C=O) groups is 1. The van der Waals surface area contributed by atoms with Crippen LogP contribution in [0.1, 0.15) is 51.1 Å². The molecule has 1 aliphatic carbocycles. The van der Waals surface area contributed by atoms with Crippen LogP contribution in [0.15, 0.2) is 29.2 Å². The minimum absolute atomic E-state index is 0.0610. The molecule has 1 saturated carbocycles. The van der Waals surface area contributed by atoms with Crippen molar-refractivity contribution >= 4 is 15.9 Å². The zero-order valence-electron chi connectivity index (χ0n) is 14.5. The Morgan fingerprint density at radius 3 is 2.71 bits per heavy atom. The Bertz CT molecular complexity index is 701. The van der Waals surface area contributed by atoms with Gasteiger partial charge < -0.3 is 11.1 Å². The molecule has 3 unspecified atom stereocenters. The van der Waals surface area contributed by atoms with E-state index in [4.69, 9.17) is 5.73 Å². The lowest BCUT2D eigenvalue weighted by molar-refractivity contribution is -0.128. The topological polar surface area (TPSA) is 101 Å². The molecule has 0 bridgehead atoms. The molecule has 0 aliphatic heterocycles. The number of rotatable bonds is 5. The Kier molecular flexibility index (Phi) is 5.67. The van der Waals surface area contributed by atoms with Gasteiger partial charge >= 0.3 is 0 Å². The molecule has 1 aliphatic rings. The maximum Gasteiger partial charge on any atom is 0.240 e. The first-order valence-corrected chi connectivity index (χ1v) is 9.78. The maximum atomic E-state index is 12.6. The van der Waals surface area contributed by atoms with Crippen molar-refractivity contribution in [3.05, 3.63) is 29.8 Å². The quantitative estimate of drug-likeness (QED) is 0.749. The Morgan fingerprint density at radius 2 is 2.08 bits per heavy atom. The van der Waals surface area contributed by atoms with Crippen molar-refractivity contribution in [2.75, 3.05) is 7.05 Å². The number of benzene rings is 1. The van der Waals surface area contributed by atoms with E-state index in [9.17, 15) is 13.2 Å². The summed E-state index contributed by atoms with van der Waals surface area (Å²) in [5.41, 5.74) is 6.55. The molecule has 1 fully saturated rings. The Balaban J connectivity index is 2.14. The van der Waals surface area contributed by atoms with Gasteiger partial charge in [-0.1, -0.05) is 25.0 Å². The van der Waals surface area contributed by atoms with E-state index in [1.165, 1.54) is 13.1 Å². The summed E-state index contributed by atoms with van der Waals surface area (Å²) in [7, 11) is -2.13. The van der Waals surface area contributed by atoms with E-state index in [1.807, 2.05) is 19.9 Å². The van der Waals surface area contributed by atoms with Gasteiger partial charge in [-0.2, -0.15) is 0 Å². The molecule has 7 heteroatoms. The summed E-state index contributed by atoms with van der Waals surface area (Å²) in [6, 6.07) is 6.31. The molecule has 0 spiro atoms. The average Bonchev–Trinajstić information content (AvgIpc) is 2.54. The van der Waals surface area contributed by atoms with E-state index in [1.54, 1.807) is 12.1 Å². The molecule has 2 rings (SSSR count). The molecule has 24 heavy (non-hydrogen) atoms. The molecule has 134 valence electrons. The van der Waals surface area contributed by atoms with E-state index in [-0.39, 0.29) is 22.8 Å².